The van der Waals surface area contributed by atoms with Gasteiger partial charge in [0.1, 0.15) is 6.61 Å². The van der Waals surface area contributed by atoms with Crippen molar-refractivity contribution in [1.29, 1.82) is 5.26 Å². The number of piperidine rings is 1. The smallest absolute Gasteiger partial charge is 0.410 e. The Labute approximate surface area is 135 Å². The molecule has 1 amide bonds. The van der Waals surface area contributed by atoms with E-state index in [0.29, 0.717) is 13.1 Å². The Bertz CT molecular complexity index is 586. The van der Waals surface area contributed by atoms with E-state index in [9.17, 15) is 14.9 Å². The molecule has 1 heterocycles. The molecule has 0 bridgehead atoms. The lowest BCUT2D eigenvalue weighted by atomic mass is 9.80. The first-order valence-corrected chi connectivity index (χ1v) is 7.65. The highest BCUT2D eigenvalue weighted by Gasteiger charge is 2.44. The summed E-state index contributed by atoms with van der Waals surface area (Å²) in [7, 11) is 0. The molecule has 0 atom stereocenters. The first kappa shape index (κ1) is 16.8. The summed E-state index contributed by atoms with van der Waals surface area (Å²) in [6, 6.07) is 11.5. The lowest BCUT2D eigenvalue weighted by Gasteiger charge is -2.34. The summed E-state index contributed by atoms with van der Waals surface area (Å²) in [6.07, 6.45) is 0.107. The van der Waals surface area contributed by atoms with Gasteiger partial charge in [0.15, 0.2) is 5.41 Å². The highest BCUT2D eigenvalue weighted by atomic mass is 16.6. The molecule has 2 rings (SSSR count). The molecule has 6 nitrogen and oxygen atoms in total. The topological polar surface area (TPSA) is 79.6 Å². The predicted octanol–water partition coefficient (Wildman–Crippen LogP) is 2.49. The number of hydrogen-bond acceptors (Lipinski definition) is 5. The lowest BCUT2D eigenvalue weighted by Crippen LogP contribution is -2.46. The molecular formula is C17H20N2O4. The Kier molecular flexibility index (Phi) is 5.58. The lowest BCUT2D eigenvalue weighted by molar-refractivity contribution is -0.154. The van der Waals surface area contributed by atoms with Crippen LogP contribution in [-0.2, 0) is 20.9 Å². The van der Waals surface area contributed by atoms with E-state index in [1.54, 1.807) is 6.92 Å². The van der Waals surface area contributed by atoms with Crippen LogP contribution in [0.15, 0.2) is 30.3 Å². The zero-order valence-corrected chi connectivity index (χ0v) is 13.2. The Morgan fingerprint density at radius 1 is 1.22 bits per heavy atom. The van der Waals surface area contributed by atoms with Crippen LogP contribution in [0.4, 0.5) is 4.79 Å². The average molecular weight is 316 g/mol. The van der Waals surface area contributed by atoms with Crippen molar-refractivity contribution < 1.29 is 19.1 Å². The molecule has 1 aliphatic heterocycles. The van der Waals surface area contributed by atoms with Gasteiger partial charge in [-0.1, -0.05) is 30.3 Å². The van der Waals surface area contributed by atoms with E-state index >= 15 is 0 Å². The van der Waals surface area contributed by atoms with Crippen LogP contribution in [0.2, 0.25) is 0 Å². The highest BCUT2D eigenvalue weighted by molar-refractivity contribution is 5.80. The standard InChI is InChI=1S/C17H20N2O4/c1-2-22-15(20)17(13-18)8-10-19(11-9-17)16(21)23-12-14-6-4-3-5-7-14/h3-7H,2,8-12H2,1H3. The van der Waals surface area contributed by atoms with Crippen molar-refractivity contribution in [1.82, 2.24) is 4.90 Å². The molecule has 0 radical (unpaired) electrons. The summed E-state index contributed by atoms with van der Waals surface area (Å²) < 4.78 is 10.2. The molecule has 1 aromatic rings. The average Bonchev–Trinajstić information content (AvgIpc) is 2.61. The summed E-state index contributed by atoms with van der Waals surface area (Å²) in [5.41, 5.74) is -0.234. The molecule has 6 heteroatoms. The zero-order valence-electron chi connectivity index (χ0n) is 13.2. The molecule has 0 spiro atoms. The van der Waals surface area contributed by atoms with Gasteiger partial charge < -0.3 is 14.4 Å². The molecule has 0 unspecified atom stereocenters. The van der Waals surface area contributed by atoms with Crippen LogP contribution in [0.3, 0.4) is 0 Å². The molecule has 1 aromatic carbocycles. The number of nitriles is 1. The van der Waals surface area contributed by atoms with Crippen molar-refractivity contribution >= 4 is 12.1 Å². The molecule has 1 aliphatic rings. The first-order chi connectivity index (χ1) is 11.1. The summed E-state index contributed by atoms with van der Waals surface area (Å²) in [5, 5.41) is 9.33. The Morgan fingerprint density at radius 3 is 2.43 bits per heavy atom. The maximum absolute atomic E-state index is 12.1. The van der Waals surface area contributed by atoms with E-state index in [0.717, 1.165) is 5.56 Å². The van der Waals surface area contributed by atoms with E-state index < -0.39 is 17.5 Å². The molecule has 0 saturated carbocycles. The van der Waals surface area contributed by atoms with Gasteiger partial charge in [0.05, 0.1) is 12.7 Å². The summed E-state index contributed by atoms with van der Waals surface area (Å²) in [5.74, 6) is -0.500. The third kappa shape index (κ3) is 4.01. The van der Waals surface area contributed by atoms with Crippen molar-refractivity contribution in [3.05, 3.63) is 35.9 Å². The van der Waals surface area contributed by atoms with Gasteiger partial charge in [0.2, 0.25) is 0 Å². The molecule has 122 valence electrons. The number of nitrogens with zero attached hydrogens (tertiary/aromatic N) is 2. The number of hydrogen-bond donors (Lipinski definition) is 0. The van der Waals surface area contributed by atoms with Crippen LogP contribution in [0, 0.1) is 16.7 Å². The summed E-state index contributed by atoms with van der Waals surface area (Å²) in [6.45, 7) is 2.77. The second-order valence-electron chi connectivity index (χ2n) is 5.44. The number of amides is 1. The van der Waals surface area contributed by atoms with Crippen LogP contribution in [-0.4, -0.2) is 36.7 Å². The van der Waals surface area contributed by atoms with Gasteiger partial charge in [-0.3, -0.25) is 4.79 Å². The highest BCUT2D eigenvalue weighted by Crippen LogP contribution is 2.32. The van der Waals surface area contributed by atoms with Gasteiger partial charge in [-0.05, 0) is 25.3 Å². The van der Waals surface area contributed by atoms with E-state index in [1.807, 2.05) is 30.3 Å². The van der Waals surface area contributed by atoms with E-state index in [-0.39, 0.29) is 26.1 Å². The normalized spacial score (nSPS) is 16.3. The van der Waals surface area contributed by atoms with E-state index in [2.05, 4.69) is 6.07 Å². The van der Waals surface area contributed by atoms with Crippen LogP contribution in [0.1, 0.15) is 25.3 Å². The minimum absolute atomic E-state index is 0.206. The second-order valence-corrected chi connectivity index (χ2v) is 5.44. The maximum atomic E-state index is 12.1. The minimum atomic E-state index is -1.15. The van der Waals surface area contributed by atoms with Gasteiger partial charge in [0, 0.05) is 13.1 Å². The van der Waals surface area contributed by atoms with Crippen LogP contribution >= 0.6 is 0 Å². The van der Waals surface area contributed by atoms with Gasteiger partial charge in [0.25, 0.3) is 0 Å². The minimum Gasteiger partial charge on any atom is -0.465 e. The maximum Gasteiger partial charge on any atom is 0.410 e. The fourth-order valence-electron chi connectivity index (χ4n) is 2.51. The van der Waals surface area contributed by atoms with Crippen molar-refractivity contribution in [3.8, 4) is 6.07 Å². The number of benzene rings is 1. The monoisotopic (exact) mass is 316 g/mol. The van der Waals surface area contributed by atoms with Crippen LogP contribution in [0.25, 0.3) is 0 Å². The summed E-state index contributed by atoms with van der Waals surface area (Å²) >= 11 is 0. The Balaban J connectivity index is 1.87. The molecule has 1 fully saturated rings. The zero-order chi connectivity index (χ0) is 16.7. The number of ether oxygens (including phenoxy) is 2. The molecule has 23 heavy (non-hydrogen) atoms. The molecular weight excluding hydrogens is 296 g/mol. The number of likely N-dealkylation sites (tertiary alicyclic amines) is 1. The van der Waals surface area contributed by atoms with Gasteiger partial charge in [-0.15, -0.1) is 0 Å². The second kappa shape index (κ2) is 7.63. The van der Waals surface area contributed by atoms with Crippen molar-refractivity contribution in [2.24, 2.45) is 5.41 Å². The van der Waals surface area contributed by atoms with Gasteiger partial charge in [-0.25, -0.2) is 4.79 Å². The molecule has 0 N–H and O–H groups in total. The fourth-order valence-corrected chi connectivity index (χ4v) is 2.51. The molecule has 1 saturated heterocycles. The quantitative estimate of drug-likeness (QED) is 0.797. The van der Waals surface area contributed by atoms with Crippen molar-refractivity contribution in [2.75, 3.05) is 19.7 Å². The largest absolute Gasteiger partial charge is 0.465 e. The van der Waals surface area contributed by atoms with Crippen LogP contribution in [0.5, 0.6) is 0 Å². The number of rotatable bonds is 4. The third-order valence-electron chi connectivity index (χ3n) is 3.96. The third-order valence-corrected chi connectivity index (χ3v) is 3.96. The fraction of sp³-hybridized carbons (Fsp3) is 0.471. The van der Waals surface area contributed by atoms with E-state index in [1.165, 1.54) is 4.90 Å². The number of carbonyl (C=O) groups is 2. The predicted molar refractivity (Wildman–Crippen MR) is 82.1 cm³/mol. The van der Waals surface area contributed by atoms with Gasteiger partial charge >= 0.3 is 12.1 Å². The number of carbonyl (C=O) groups excluding carboxylic acids is 2. The van der Waals surface area contributed by atoms with Crippen molar-refractivity contribution in [3.63, 3.8) is 0 Å². The van der Waals surface area contributed by atoms with Gasteiger partial charge in [-0.2, -0.15) is 5.26 Å². The molecule has 0 aliphatic carbocycles. The summed E-state index contributed by atoms with van der Waals surface area (Å²) in [4.78, 5) is 25.6. The Hall–Kier alpha value is -2.55. The van der Waals surface area contributed by atoms with Crippen LogP contribution < -0.4 is 0 Å². The number of esters is 1. The molecule has 0 aromatic heterocycles. The first-order valence-electron chi connectivity index (χ1n) is 7.65. The van der Waals surface area contributed by atoms with E-state index in [4.69, 9.17) is 9.47 Å². The van der Waals surface area contributed by atoms with Crippen molar-refractivity contribution in [2.45, 2.75) is 26.4 Å². The SMILES string of the molecule is CCOC(=O)C1(C#N)CCN(C(=O)OCc2ccccc2)CC1. The Morgan fingerprint density at radius 2 is 1.87 bits per heavy atom.